The molecule has 2 aromatic rings. The Morgan fingerprint density at radius 3 is 2.76 bits per heavy atom. The van der Waals surface area contributed by atoms with Gasteiger partial charge in [-0.1, -0.05) is 11.6 Å². The van der Waals surface area contributed by atoms with Gasteiger partial charge in [0.1, 0.15) is 0 Å². The van der Waals surface area contributed by atoms with Gasteiger partial charge < -0.3 is 15.4 Å². The number of benzene rings is 1. The lowest BCUT2D eigenvalue weighted by molar-refractivity contribution is -0.110. The number of hydrogen-bond donors (Lipinski definition) is 3. The van der Waals surface area contributed by atoms with Crippen LogP contribution >= 0.6 is 11.6 Å². The number of aromatic carboxylic acids is 1. The maximum Gasteiger partial charge on any atom is 0.337 e. The van der Waals surface area contributed by atoms with E-state index in [1.807, 2.05) is 0 Å². The van der Waals surface area contributed by atoms with Crippen LogP contribution in [0.25, 0.3) is 11.6 Å². The van der Waals surface area contributed by atoms with Crippen LogP contribution in [0.2, 0.25) is 5.02 Å². The van der Waals surface area contributed by atoms with Crippen LogP contribution in [-0.4, -0.2) is 22.0 Å². The molecule has 106 valence electrons. The quantitative estimate of drug-likeness (QED) is 0.745. The normalized spacial score (nSPS) is 15.1. The van der Waals surface area contributed by atoms with Gasteiger partial charge >= 0.3 is 5.97 Å². The summed E-state index contributed by atoms with van der Waals surface area (Å²) in [7, 11) is 0. The van der Waals surface area contributed by atoms with Crippen LogP contribution in [0.3, 0.4) is 0 Å². The first-order chi connectivity index (χ1) is 9.95. The molecule has 0 saturated carbocycles. The number of amides is 1. The molecule has 0 radical (unpaired) electrons. The van der Waals surface area contributed by atoms with Crippen molar-refractivity contribution in [2.75, 3.05) is 5.32 Å². The Hall–Kier alpha value is -2.53. The van der Waals surface area contributed by atoms with E-state index in [0.717, 1.165) is 0 Å². The molecule has 0 atom stereocenters. The second-order valence-electron chi connectivity index (χ2n) is 4.77. The molecule has 3 rings (SSSR count). The molecule has 2 heterocycles. The topological polar surface area (TPSA) is 82.2 Å². The number of fused-ring (bicyclic) bond motifs is 1. The summed E-state index contributed by atoms with van der Waals surface area (Å²) in [5.74, 6) is -1.25. The van der Waals surface area contributed by atoms with Crippen LogP contribution in [0.4, 0.5) is 5.69 Å². The van der Waals surface area contributed by atoms with Crippen LogP contribution in [0, 0.1) is 6.92 Å². The fraction of sp³-hybridized carbons (Fsp3) is 0.0667. The first-order valence-corrected chi connectivity index (χ1v) is 6.59. The highest BCUT2D eigenvalue weighted by atomic mass is 35.5. The zero-order chi connectivity index (χ0) is 15.1. The molecule has 3 N–H and O–H groups in total. The summed E-state index contributed by atoms with van der Waals surface area (Å²) in [6, 6.07) is 6.64. The number of aryl methyl sites for hydroxylation is 1. The van der Waals surface area contributed by atoms with Gasteiger partial charge in [0.15, 0.2) is 0 Å². The lowest BCUT2D eigenvalue weighted by Gasteiger charge is -1.98. The van der Waals surface area contributed by atoms with Gasteiger partial charge in [-0.3, -0.25) is 4.79 Å². The number of hydrogen-bond acceptors (Lipinski definition) is 2. The third-order valence-electron chi connectivity index (χ3n) is 3.33. The molecular formula is C15H11ClN2O3. The lowest BCUT2D eigenvalue weighted by Crippen LogP contribution is -2.03. The minimum absolute atomic E-state index is 0.187. The number of rotatable bonds is 2. The number of nitrogens with one attached hydrogen (secondary N) is 2. The van der Waals surface area contributed by atoms with Crippen molar-refractivity contribution in [2.24, 2.45) is 0 Å². The smallest absolute Gasteiger partial charge is 0.337 e. The summed E-state index contributed by atoms with van der Waals surface area (Å²) >= 11 is 5.96. The summed E-state index contributed by atoms with van der Waals surface area (Å²) in [5, 5.41) is 12.3. The zero-order valence-electron chi connectivity index (χ0n) is 11.0. The maximum atomic E-state index is 12.0. The second kappa shape index (κ2) is 4.79. The molecule has 1 aromatic heterocycles. The fourth-order valence-corrected chi connectivity index (χ4v) is 2.51. The molecule has 1 aromatic carbocycles. The fourth-order valence-electron chi connectivity index (χ4n) is 2.34. The average Bonchev–Trinajstić information content (AvgIpc) is 2.92. The van der Waals surface area contributed by atoms with E-state index in [0.29, 0.717) is 33.2 Å². The Morgan fingerprint density at radius 1 is 1.33 bits per heavy atom. The third-order valence-corrected chi connectivity index (χ3v) is 3.57. The van der Waals surface area contributed by atoms with Gasteiger partial charge in [0.05, 0.1) is 11.1 Å². The van der Waals surface area contributed by atoms with Crippen molar-refractivity contribution in [3.05, 3.63) is 51.8 Å². The van der Waals surface area contributed by atoms with E-state index in [-0.39, 0.29) is 11.5 Å². The first-order valence-electron chi connectivity index (χ1n) is 6.21. The van der Waals surface area contributed by atoms with Crippen LogP contribution in [0.5, 0.6) is 0 Å². The van der Waals surface area contributed by atoms with Crippen LogP contribution in [0.1, 0.15) is 27.3 Å². The van der Waals surface area contributed by atoms with E-state index in [9.17, 15) is 9.59 Å². The highest BCUT2D eigenvalue weighted by Crippen LogP contribution is 2.34. The number of anilines is 1. The minimum atomic E-state index is -1.01. The summed E-state index contributed by atoms with van der Waals surface area (Å²) in [6.45, 7) is 1.67. The third kappa shape index (κ3) is 2.32. The largest absolute Gasteiger partial charge is 0.478 e. The number of carbonyl (C=O) groups excluding carboxylic acids is 1. The lowest BCUT2D eigenvalue weighted by atomic mass is 10.1. The van der Waals surface area contributed by atoms with Crippen molar-refractivity contribution in [2.45, 2.75) is 6.92 Å². The van der Waals surface area contributed by atoms with Gasteiger partial charge in [-0.25, -0.2) is 4.79 Å². The van der Waals surface area contributed by atoms with Crippen molar-refractivity contribution in [1.82, 2.24) is 4.98 Å². The zero-order valence-corrected chi connectivity index (χ0v) is 11.8. The molecule has 0 aliphatic carbocycles. The van der Waals surface area contributed by atoms with Gasteiger partial charge in [-0.05, 0) is 37.3 Å². The maximum absolute atomic E-state index is 12.0. The Labute approximate surface area is 125 Å². The van der Waals surface area contributed by atoms with Crippen molar-refractivity contribution in [3.63, 3.8) is 0 Å². The summed E-state index contributed by atoms with van der Waals surface area (Å²) < 4.78 is 0. The number of aromatic amines is 1. The van der Waals surface area contributed by atoms with Gasteiger partial charge in [0, 0.05) is 27.7 Å². The number of carboxylic acids is 1. The number of carbonyl (C=O) groups is 2. The minimum Gasteiger partial charge on any atom is -0.478 e. The Kier molecular flexibility index (Phi) is 3.07. The molecule has 5 nitrogen and oxygen atoms in total. The second-order valence-corrected chi connectivity index (χ2v) is 5.21. The molecule has 21 heavy (non-hydrogen) atoms. The molecule has 6 heteroatoms. The molecule has 0 fully saturated rings. The van der Waals surface area contributed by atoms with Gasteiger partial charge in [-0.2, -0.15) is 0 Å². The number of halogens is 1. The summed E-state index contributed by atoms with van der Waals surface area (Å²) in [4.78, 5) is 26.0. The van der Waals surface area contributed by atoms with E-state index in [1.54, 1.807) is 31.2 Å². The standard InChI is InChI=1S/C15H11ClN2O3/c1-7-10(15(20)21)5-9(17-7)6-12-11-4-8(16)2-3-13(11)18-14(12)19/h2-6,17H,1H3,(H,18,19)(H,20,21)/b12-6-. The molecule has 0 saturated heterocycles. The molecule has 1 amide bonds. The Balaban J connectivity index is 2.08. The predicted octanol–water partition coefficient (Wildman–Crippen LogP) is 3.17. The average molecular weight is 303 g/mol. The molecule has 1 aliphatic heterocycles. The van der Waals surface area contributed by atoms with Crippen molar-refractivity contribution in [3.8, 4) is 0 Å². The van der Waals surface area contributed by atoms with E-state index >= 15 is 0 Å². The van der Waals surface area contributed by atoms with E-state index in [2.05, 4.69) is 10.3 Å². The van der Waals surface area contributed by atoms with Crippen molar-refractivity contribution >= 4 is 40.8 Å². The van der Waals surface area contributed by atoms with E-state index < -0.39 is 5.97 Å². The van der Waals surface area contributed by atoms with Gasteiger partial charge in [-0.15, -0.1) is 0 Å². The van der Waals surface area contributed by atoms with Crippen LogP contribution < -0.4 is 5.32 Å². The molecule has 0 spiro atoms. The van der Waals surface area contributed by atoms with Crippen molar-refractivity contribution in [1.29, 1.82) is 0 Å². The Bertz CT molecular complexity index is 805. The highest BCUT2D eigenvalue weighted by Gasteiger charge is 2.24. The van der Waals surface area contributed by atoms with Crippen molar-refractivity contribution < 1.29 is 14.7 Å². The van der Waals surface area contributed by atoms with E-state index in [1.165, 1.54) is 6.07 Å². The molecule has 1 aliphatic rings. The number of aromatic nitrogens is 1. The van der Waals surface area contributed by atoms with Crippen LogP contribution in [-0.2, 0) is 4.79 Å². The van der Waals surface area contributed by atoms with Crippen LogP contribution in [0.15, 0.2) is 24.3 Å². The Morgan fingerprint density at radius 2 is 2.10 bits per heavy atom. The SMILES string of the molecule is Cc1[nH]c(/C=C2\C(=O)Nc3ccc(Cl)cc32)cc1C(=O)O. The van der Waals surface area contributed by atoms with Gasteiger partial charge in [0.2, 0.25) is 0 Å². The van der Waals surface area contributed by atoms with Gasteiger partial charge in [0.25, 0.3) is 5.91 Å². The number of carboxylic acid groups (broad SMARTS) is 1. The molecule has 0 bridgehead atoms. The highest BCUT2D eigenvalue weighted by molar-refractivity contribution is 6.36. The predicted molar refractivity (Wildman–Crippen MR) is 80.4 cm³/mol. The summed E-state index contributed by atoms with van der Waals surface area (Å²) in [5.41, 5.74) is 3.13. The molecule has 0 unspecified atom stereocenters. The monoisotopic (exact) mass is 302 g/mol. The van der Waals surface area contributed by atoms with E-state index in [4.69, 9.17) is 16.7 Å². The summed E-state index contributed by atoms with van der Waals surface area (Å²) in [6.07, 6.45) is 1.62. The first kappa shape index (κ1) is 13.5. The molecular weight excluding hydrogens is 292 g/mol. The number of H-pyrrole nitrogens is 1.